The number of aromatic nitrogens is 1. The number of amides is 1. The smallest absolute Gasteiger partial charge is 0.301 e. The molecule has 4 aromatic rings. The summed E-state index contributed by atoms with van der Waals surface area (Å²) in [4.78, 5) is 33.5. The van der Waals surface area contributed by atoms with Gasteiger partial charge in [0, 0.05) is 12.0 Å². The van der Waals surface area contributed by atoms with Crippen LogP contribution in [0.4, 0.5) is 5.13 Å². The van der Waals surface area contributed by atoms with Crippen LogP contribution in [0, 0.1) is 13.8 Å². The van der Waals surface area contributed by atoms with Crippen molar-refractivity contribution in [3.8, 4) is 11.5 Å². The fraction of sp³-hybridized carbons (Fsp3) is 0.219. The highest BCUT2D eigenvalue weighted by molar-refractivity contribution is 7.22. The van der Waals surface area contributed by atoms with Crippen molar-refractivity contribution < 1.29 is 24.2 Å². The van der Waals surface area contributed by atoms with Gasteiger partial charge in [-0.1, -0.05) is 42.2 Å². The van der Waals surface area contributed by atoms with E-state index in [0.29, 0.717) is 35.0 Å². The van der Waals surface area contributed by atoms with Crippen molar-refractivity contribution in [3.63, 3.8) is 0 Å². The van der Waals surface area contributed by atoms with E-state index in [2.05, 4.69) is 6.58 Å². The highest BCUT2D eigenvalue weighted by Crippen LogP contribution is 2.45. The molecule has 7 nitrogen and oxygen atoms in total. The molecule has 0 bridgehead atoms. The topological polar surface area (TPSA) is 89.0 Å². The van der Waals surface area contributed by atoms with E-state index < -0.39 is 17.7 Å². The van der Waals surface area contributed by atoms with Gasteiger partial charge in [-0.2, -0.15) is 0 Å². The van der Waals surface area contributed by atoms with Crippen LogP contribution in [0.1, 0.15) is 40.8 Å². The number of Topliss-reactive ketones (excluding diaryl/α,β-unsaturated/α-hetero) is 1. The Hall–Kier alpha value is -4.43. The minimum Gasteiger partial charge on any atom is -0.507 e. The van der Waals surface area contributed by atoms with Gasteiger partial charge in [-0.15, -0.1) is 0 Å². The van der Waals surface area contributed by atoms with Crippen LogP contribution < -0.4 is 14.4 Å². The number of anilines is 1. The van der Waals surface area contributed by atoms with E-state index in [1.165, 1.54) is 16.2 Å². The van der Waals surface area contributed by atoms with Crippen LogP contribution in [-0.4, -0.2) is 34.5 Å². The molecule has 3 heterocycles. The molecule has 1 aromatic heterocycles. The maximum Gasteiger partial charge on any atom is 0.301 e. The van der Waals surface area contributed by atoms with Crippen molar-refractivity contribution in [1.29, 1.82) is 0 Å². The molecule has 6 rings (SSSR count). The molecule has 1 amide bonds. The Morgan fingerprint density at radius 3 is 2.83 bits per heavy atom. The molecule has 202 valence electrons. The quantitative estimate of drug-likeness (QED) is 0.128. The minimum absolute atomic E-state index is 0.00458. The summed E-state index contributed by atoms with van der Waals surface area (Å²) in [5.74, 6) is -0.429. The number of rotatable bonds is 6. The van der Waals surface area contributed by atoms with Gasteiger partial charge in [0.25, 0.3) is 5.78 Å². The molecule has 2 aliphatic rings. The summed E-state index contributed by atoms with van der Waals surface area (Å²) >= 11 is 1.35. The van der Waals surface area contributed by atoms with Gasteiger partial charge in [-0.05, 0) is 79.4 Å². The molecule has 2 atom stereocenters. The molecule has 0 radical (unpaired) electrons. The number of thiazole rings is 1. The lowest BCUT2D eigenvalue weighted by Crippen LogP contribution is -2.29. The van der Waals surface area contributed by atoms with E-state index in [4.69, 9.17) is 14.5 Å². The Labute approximate surface area is 236 Å². The fourth-order valence-corrected chi connectivity index (χ4v) is 6.63. The number of ether oxygens (including phenoxy) is 2. The molecule has 8 heteroatoms. The van der Waals surface area contributed by atoms with Crippen LogP contribution in [0.25, 0.3) is 16.0 Å². The van der Waals surface area contributed by atoms with E-state index in [9.17, 15) is 14.7 Å². The van der Waals surface area contributed by atoms with Crippen LogP contribution in [0.3, 0.4) is 0 Å². The van der Waals surface area contributed by atoms with Gasteiger partial charge in [0.2, 0.25) is 0 Å². The number of benzene rings is 3. The first-order valence-electron chi connectivity index (χ1n) is 13.1. The SMILES string of the molecule is C=CCOc1cccc([C@@H]2/C(=C(\O)c3ccc4c(c3)C[C@H](C)O4)C(=O)C(=O)N2c2nc3c(C)cc(C)cc3s2)c1. The number of carbonyl (C=O) groups excluding carboxylic acids is 2. The summed E-state index contributed by atoms with van der Waals surface area (Å²) in [6.07, 6.45) is 2.37. The molecule has 0 aliphatic carbocycles. The third-order valence-electron chi connectivity index (χ3n) is 7.18. The summed E-state index contributed by atoms with van der Waals surface area (Å²) in [6, 6.07) is 15.7. The Bertz CT molecular complexity index is 1740. The van der Waals surface area contributed by atoms with Crippen LogP contribution in [0.5, 0.6) is 11.5 Å². The zero-order valence-electron chi connectivity index (χ0n) is 22.4. The lowest BCUT2D eigenvalue weighted by molar-refractivity contribution is -0.132. The number of ketones is 1. The number of hydrogen-bond donors (Lipinski definition) is 1. The zero-order valence-corrected chi connectivity index (χ0v) is 23.2. The van der Waals surface area contributed by atoms with Gasteiger partial charge in [0.05, 0.1) is 21.8 Å². The van der Waals surface area contributed by atoms with Crippen molar-refractivity contribution in [3.05, 3.63) is 101 Å². The molecular formula is C32H28N2O5S. The maximum atomic E-state index is 13.7. The molecule has 0 spiro atoms. The Morgan fingerprint density at radius 1 is 1.20 bits per heavy atom. The third kappa shape index (κ3) is 4.34. The average Bonchev–Trinajstić information content (AvgIpc) is 3.59. The van der Waals surface area contributed by atoms with E-state index in [1.807, 2.05) is 45.0 Å². The predicted molar refractivity (Wildman–Crippen MR) is 156 cm³/mol. The largest absolute Gasteiger partial charge is 0.507 e. The van der Waals surface area contributed by atoms with Gasteiger partial charge >= 0.3 is 5.91 Å². The van der Waals surface area contributed by atoms with Crippen LogP contribution in [0.15, 0.2) is 72.8 Å². The van der Waals surface area contributed by atoms with Crippen molar-refractivity contribution in [2.75, 3.05) is 11.5 Å². The summed E-state index contributed by atoms with van der Waals surface area (Å²) in [6.45, 7) is 9.97. The lowest BCUT2D eigenvalue weighted by atomic mass is 9.94. The molecule has 2 aliphatic heterocycles. The van der Waals surface area contributed by atoms with Crippen LogP contribution in [-0.2, 0) is 16.0 Å². The first-order chi connectivity index (χ1) is 19.2. The number of aliphatic hydroxyl groups is 1. The second kappa shape index (κ2) is 9.95. The van der Waals surface area contributed by atoms with E-state index in [1.54, 1.807) is 36.4 Å². The summed E-state index contributed by atoms with van der Waals surface area (Å²) in [5, 5.41) is 12.0. The minimum atomic E-state index is -0.905. The number of aryl methyl sites for hydroxylation is 2. The molecule has 1 saturated heterocycles. The third-order valence-corrected chi connectivity index (χ3v) is 8.18. The number of nitrogens with zero attached hydrogens (tertiary/aromatic N) is 2. The molecule has 1 N–H and O–H groups in total. The molecule has 40 heavy (non-hydrogen) atoms. The van der Waals surface area contributed by atoms with Crippen molar-refractivity contribution >= 4 is 44.1 Å². The van der Waals surface area contributed by atoms with Gasteiger partial charge in [-0.25, -0.2) is 4.98 Å². The monoisotopic (exact) mass is 552 g/mol. The average molecular weight is 553 g/mol. The van der Waals surface area contributed by atoms with Gasteiger partial charge in [0.15, 0.2) is 5.13 Å². The van der Waals surface area contributed by atoms with Crippen molar-refractivity contribution in [1.82, 2.24) is 4.98 Å². The van der Waals surface area contributed by atoms with Gasteiger partial charge in [-0.3, -0.25) is 14.5 Å². The number of fused-ring (bicyclic) bond motifs is 2. The summed E-state index contributed by atoms with van der Waals surface area (Å²) < 4.78 is 12.5. The van der Waals surface area contributed by atoms with Gasteiger partial charge in [0.1, 0.15) is 30.0 Å². The summed E-state index contributed by atoms with van der Waals surface area (Å²) in [5.41, 5.74) is 4.87. The number of carbonyl (C=O) groups is 2. The van der Waals surface area contributed by atoms with Crippen LogP contribution >= 0.6 is 11.3 Å². The second-order valence-electron chi connectivity index (χ2n) is 10.2. The molecule has 3 aromatic carbocycles. The number of aliphatic hydroxyl groups excluding tert-OH is 1. The molecule has 1 fully saturated rings. The molecule has 0 unspecified atom stereocenters. The fourth-order valence-electron chi connectivity index (χ4n) is 5.46. The molecular weight excluding hydrogens is 524 g/mol. The van der Waals surface area contributed by atoms with Crippen LogP contribution in [0.2, 0.25) is 0 Å². The Kier molecular flexibility index (Phi) is 6.43. The summed E-state index contributed by atoms with van der Waals surface area (Å²) in [7, 11) is 0. The standard InChI is InChI=1S/C32H28N2O5S/c1-5-11-38-23-8-6-7-20(16-23)28-26(29(35)21-9-10-24-22(15-21)14-19(4)39-24)30(36)31(37)34(28)32-33-27-18(3)12-17(2)13-25(27)40-32/h5-10,12-13,15-16,19,28,35H,1,11,14H2,2-4H3/b29-26+/t19-,28+/m0/s1. The Morgan fingerprint density at radius 2 is 2.02 bits per heavy atom. The highest BCUT2D eigenvalue weighted by Gasteiger charge is 2.48. The maximum absolute atomic E-state index is 13.7. The second-order valence-corrected chi connectivity index (χ2v) is 11.2. The number of hydrogen-bond acceptors (Lipinski definition) is 7. The van der Waals surface area contributed by atoms with Gasteiger partial charge < -0.3 is 14.6 Å². The van der Waals surface area contributed by atoms with E-state index in [-0.39, 0.29) is 17.4 Å². The highest BCUT2D eigenvalue weighted by atomic mass is 32.1. The Balaban J connectivity index is 1.54. The normalized spacial score (nSPS) is 19.6. The first kappa shape index (κ1) is 25.8. The lowest BCUT2D eigenvalue weighted by Gasteiger charge is -2.23. The van der Waals surface area contributed by atoms with Crippen molar-refractivity contribution in [2.24, 2.45) is 0 Å². The van der Waals surface area contributed by atoms with E-state index >= 15 is 0 Å². The predicted octanol–water partition coefficient (Wildman–Crippen LogP) is 6.43. The first-order valence-corrected chi connectivity index (χ1v) is 13.9. The molecule has 0 saturated carbocycles. The zero-order chi connectivity index (χ0) is 28.1. The van der Waals surface area contributed by atoms with E-state index in [0.717, 1.165) is 32.7 Å². The van der Waals surface area contributed by atoms with Crippen molar-refractivity contribution in [2.45, 2.75) is 39.3 Å².